The van der Waals surface area contributed by atoms with Crippen LogP contribution in [0.4, 0.5) is 11.5 Å². The van der Waals surface area contributed by atoms with Crippen LogP contribution < -0.4 is 11.1 Å². The summed E-state index contributed by atoms with van der Waals surface area (Å²) >= 11 is 0. The lowest BCUT2D eigenvalue weighted by molar-refractivity contribution is -0.117. The number of carbonyl (C=O) groups is 1. The molecule has 142 valence electrons. The first-order valence-electron chi connectivity index (χ1n) is 9.37. The Kier molecular flexibility index (Phi) is 3.74. The van der Waals surface area contributed by atoms with Crippen molar-refractivity contribution in [2.24, 2.45) is 11.8 Å². The first kappa shape index (κ1) is 17.2. The smallest absolute Gasteiger partial charge is 0.230 e. The number of nitrogens with two attached hydrogens (primary N) is 1. The molecule has 0 saturated heterocycles. The number of pyridine rings is 2. The van der Waals surface area contributed by atoms with Crippen LogP contribution in [0.2, 0.25) is 0 Å². The summed E-state index contributed by atoms with van der Waals surface area (Å²) in [4.78, 5) is 20.9. The topological polar surface area (TPSA) is 109 Å². The standard InChI is InChI=1S/C22H18N6O/c1-12-11-28-3-2-25-21(28)8-16(12)13-4-14-7-20(26-10-18(14)19(24)6-13)27-22(29)17-5-15(17)9-23/h2-4,6-8,10-11,15,17H,5,24H2,1H3,(H,26,27,29)/t15-,17+/m0/s1. The van der Waals surface area contributed by atoms with E-state index >= 15 is 0 Å². The highest BCUT2D eigenvalue weighted by atomic mass is 16.2. The van der Waals surface area contributed by atoms with E-state index < -0.39 is 0 Å². The number of aryl methyl sites for hydroxylation is 1. The van der Waals surface area contributed by atoms with Crippen molar-refractivity contribution < 1.29 is 4.79 Å². The SMILES string of the molecule is Cc1cn2ccnc2cc1-c1cc(N)c2cnc(NC(=O)[C@@H]3C[C@H]3C#N)cc2c1. The monoisotopic (exact) mass is 382 g/mol. The zero-order chi connectivity index (χ0) is 20.1. The molecule has 4 aromatic rings. The van der Waals surface area contributed by atoms with Crippen molar-refractivity contribution in [3.05, 3.63) is 54.6 Å². The number of imidazole rings is 1. The van der Waals surface area contributed by atoms with E-state index in [1.165, 1.54) is 0 Å². The Morgan fingerprint density at radius 3 is 2.97 bits per heavy atom. The van der Waals surface area contributed by atoms with Crippen molar-refractivity contribution in [3.8, 4) is 17.2 Å². The maximum Gasteiger partial charge on any atom is 0.230 e. The third-order valence-electron chi connectivity index (χ3n) is 5.45. The maximum absolute atomic E-state index is 12.2. The van der Waals surface area contributed by atoms with E-state index in [0.717, 1.165) is 33.1 Å². The largest absolute Gasteiger partial charge is 0.398 e. The van der Waals surface area contributed by atoms with Gasteiger partial charge in [-0.25, -0.2) is 9.97 Å². The Hall–Kier alpha value is -3.92. The van der Waals surface area contributed by atoms with Gasteiger partial charge >= 0.3 is 0 Å². The van der Waals surface area contributed by atoms with Crippen LogP contribution in [0.3, 0.4) is 0 Å². The molecule has 1 aromatic carbocycles. The van der Waals surface area contributed by atoms with Gasteiger partial charge in [0, 0.05) is 35.9 Å². The van der Waals surface area contributed by atoms with Crippen molar-refractivity contribution in [1.82, 2.24) is 14.4 Å². The highest BCUT2D eigenvalue weighted by Crippen LogP contribution is 2.38. The van der Waals surface area contributed by atoms with Crippen molar-refractivity contribution in [1.29, 1.82) is 5.26 Å². The number of rotatable bonds is 3. The number of nitrogen functional groups attached to an aromatic ring is 1. The lowest BCUT2D eigenvalue weighted by Gasteiger charge is -2.12. The number of hydrogen-bond donors (Lipinski definition) is 2. The van der Waals surface area contributed by atoms with Crippen LogP contribution in [0.5, 0.6) is 0 Å². The molecule has 0 spiro atoms. The molecule has 7 heteroatoms. The van der Waals surface area contributed by atoms with Crippen LogP contribution in [-0.2, 0) is 4.79 Å². The summed E-state index contributed by atoms with van der Waals surface area (Å²) < 4.78 is 1.98. The predicted molar refractivity (Wildman–Crippen MR) is 111 cm³/mol. The van der Waals surface area contributed by atoms with Crippen molar-refractivity contribution in [2.45, 2.75) is 13.3 Å². The van der Waals surface area contributed by atoms with Gasteiger partial charge in [-0.1, -0.05) is 0 Å². The summed E-state index contributed by atoms with van der Waals surface area (Å²) in [6.07, 6.45) is 8.01. The molecule has 1 saturated carbocycles. The fraction of sp³-hybridized carbons (Fsp3) is 0.182. The predicted octanol–water partition coefficient (Wildman–Crippen LogP) is 3.54. The molecule has 1 aliphatic rings. The number of nitriles is 1. The molecule has 0 aliphatic heterocycles. The second kappa shape index (κ2) is 6.31. The average Bonchev–Trinajstić information content (AvgIpc) is 3.37. The van der Waals surface area contributed by atoms with E-state index in [4.69, 9.17) is 11.0 Å². The molecule has 1 fully saturated rings. The second-order valence-corrected chi connectivity index (χ2v) is 7.49. The fourth-order valence-corrected chi connectivity index (χ4v) is 3.73. The number of anilines is 2. The Bertz CT molecular complexity index is 1330. The summed E-state index contributed by atoms with van der Waals surface area (Å²) in [5, 5.41) is 13.4. The van der Waals surface area contributed by atoms with Gasteiger partial charge in [-0.15, -0.1) is 0 Å². The van der Waals surface area contributed by atoms with Crippen LogP contribution in [-0.4, -0.2) is 20.3 Å². The van der Waals surface area contributed by atoms with E-state index in [9.17, 15) is 4.79 Å². The highest BCUT2D eigenvalue weighted by Gasteiger charge is 2.43. The molecule has 1 amide bonds. The summed E-state index contributed by atoms with van der Waals surface area (Å²) in [5.41, 5.74) is 10.9. The van der Waals surface area contributed by atoms with Crippen LogP contribution in [0, 0.1) is 30.1 Å². The molecule has 1 aliphatic carbocycles. The lowest BCUT2D eigenvalue weighted by Crippen LogP contribution is -2.15. The van der Waals surface area contributed by atoms with Gasteiger partial charge in [-0.3, -0.25) is 4.79 Å². The van der Waals surface area contributed by atoms with Gasteiger partial charge in [0.1, 0.15) is 11.5 Å². The molecule has 0 radical (unpaired) electrons. The van der Waals surface area contributed by atoms with Gasteiger partial charge in [0.15, 0.2) is 0 Å². The number of carbonyl (C=O) groups excluding carboxylic acids is 1. The van der Waals surface area contributed by atoms with Gasteiger partial charge in [0.25, 0.3) is 0 Å². The van der Waals surface area contributed by atoms with Crippen LogP contribution >= 0.6 is 0 Å². The minimum atomic E-state index is -0.238. The number of aromatic nitrogens is 3. The Morgan fingerprint density at radius 2 is 2.17 bits per heavy atom. The first-order chi connectivity index (χ1) is 14.0. The molecule has 2 atom stereocenters. The summed E-state index contributed by atoms with van der Waals surface area (Å²) in [6, 6.07) is 9.96. The third-order valence-corrected chi connectivity index (χ3v) is 5.45. The van der Waals surface area contributed by atoms with E-state index in [-0.39, 0.29) is 17.7 Å². The van der Waals surface area contributed by atoms with Crippen LogP contribution in [0.1, 0.15) is 12.0 Å². The zero-order valence-corrected chi connectivity index (χ0v) is 15.8. The molecule has 3 aromatic heterocycles. The van der Waals surface area contributed by atoms with E-state index in [1.54, 1.807) is 12.4 Å². The van der Waals surface area contributed by atoms with Crippen molar-refractivity contribution in [2.75, 3.05) is 11.1 Å². The molecule has 0 unspecified atom stereocenters. The molecule has 5 rings (SSSR count). The minimum absolute atomic E-state index is 0.159. The molecule has 0 bridgehead atoms. The highest BCUT2D eigenvalue weighted by molar-refractivity contribution is 6.00. The Morgan fingerprint density at radius 1 is 1.31 bits per heavy atom. The van der Waals surface area contributed by atoms with Gasteiger partial charge in [0.05, 0.1) is 17.9 Å². The van der Waals surface area contributed by atoms with E-state index in [2.05, 4.69) is 28.3 Å². The maximum atomic E-state index is 12.2. The zero-order valence-electron chi connectivity index (χ0n) is 15.8. The summed E-state index contributed by atoms with van der Waals surface area (Å²) in [5.74, 6) is -0.118. The number of amides is 1. The van der Waals surface area contributed by atoms with Crippen molar-refractivity contribution >= 4 is 33.8 Å². The molecular formula is C22H18N6O. The molecule has 3 N–H and O–H groups in total. The quantitative estimate of drug-likeness (QED) is 0.527. The minimum Gasteiger partial charge on any atom is -0.398 e. The van der Waals surface area contributed by atoms with Gasteiger partial charge < -0.3 is 15.5 Å². The number of fused-ring (bicyclic) bond motifs is 2. The second-order valence-electron chi connectivity index (χ2n) is 7.49. The van der Waals surface area contributed by atoms with E-state index in [0.29, 0.717) is 17.9 Å². The number of hydrogen-bond acceptors (Lipinski definition) is 5. The lowest BCUT2D eigenvalue weighted by atomic mass is 9.98. The Balaban J connectivity index is 1.54. The molecule has 3 heterocycles. The summed E-state index contributed by atoms with van der Waals surface area (Å²) in [6.45, 7) is 2.05. The number of benzene rings is 1. The molecule has 7 nitrogen and oxygen atoms in total. The van der Waals surface area contributed by atoms with Gasteiger partial charge in [0.2, 0.25) is 5.91 Å². The number of nitrogens with one attached hydrogen (secondary N) is 1. The first-order valence-corrected chi connectivity index (χ1v) is 9.37. The molecule has 29 heavy (non-hydrogen) atoms. The van der Waals surface area contributed by atoms with Crippen LogP contribution in [0.15, 0.2) is 49.1 Å². The van der Waals surface area contributed by atoms with Gasteiger partial charge in [-0.2, -0.15) is 5.26 Å². The Labute approximate surface area is 166 Å². The summed E-state index contributed by atoms with van der Waals surface area (Å²) in [7, 11) is 0. The third kappa shape index (κ3) is 2.95. The van der Waals surface area contributed by atoms with E-state index in [1.807, 2.05) is 41.1 Å². The normalized spacial score (nSPS) is 17.9. The van der Waals surface area contributed by atoms with Gasteiger partial charge in [-0.05, 0) is 59.7 Å². The van der Waals surface area contributed by atoms with Crippen molar-refractivity contribution in [3.63, 3.8) is 0 Å². The fourth-order valence-electron chi connectivity index (χ4n) is 3.73. The molecular weight excluding hydrogens is 364 g/mol. The number of nitrogens with zero attached hydrogens (tertiary/aromatic N) is 4. The average molecular weight is 382 g/mol. The van der Waals surface area contributed by atoms with Crippen LogP contribution in [0.25, 0.3) is 27.5 Å².